The van der Waals surface area contributed by atoms with E-state index in [0.717, 1.165) is 37.4 Å². The standard InChI is InChI=1S/C16H20N2O4S/c1-9-7-11(10(2)22-9)15(20)17-12-5-3-4-6-13(12)18-14(19)8-23-16(18)21/h7,12-13H,3-6,8H2,1-2H3,(H,17,20)/t12-,13+/m0/s1. The largest absolute Gasteiger partial charge is 0.466 e. The zero-order valence-corrected chi connectivity index (χ0v) is 14.1. The number of hydrogen-bond donors (Lipinski definition) is 1. The van der Waals surface area contributed by atoms with Crippen molar-refractivity contribution in [2.75, 3.05) is 5.75 Å². The molecule has 2 fully saturated rings. The molecule has 6 nitrogen and oxygen atoms in total. The van der Waals surface area contributed by atoms with Crippen molar-refractivity contribution >= 4 is 28.8 Å². The number of thioether (sulfide) groups is 1. The first-order valence-electron chi connectivity index (χ1n) is 7.84. The number of carbonyl (C=O) groups excluding carboxylic acids is 3. The van der Waals surface area contributed by atoms with Crippen LogP contribution in [-0.2, 0) is 4.79 Å². The molecular weight excluding hydrogens is 316 g/mol. The van der Waals surface area contributed by atoms with Gasteiger partial charge in [0.15, 0.2) is 0 Å². The predicted molar refractivity (Wildman–Crippen MR) is 86.4 cm³/mol. The average molecular weight is 336 g/mol. The van der Waals surface area contributed by atoms with Gasteiger partial charge in [-0.05, 0) is 32.8 Å². The Hall–Kier alpha value is -1.76. The Labute approximate surface area is 139 Å². The van der Waals surface area contributed by atoms with E-state index >= 15 is 0 Å². The summed E-state index contributed by atoms with van der Waals surface area (Å²) in [6, 6.07) is 1.28. The van der Waals surface area contributed by atoms with Crippen molar-refractivity contribution in [2.24, 2.45) is 0 Å². The Kier molecular flexibility index (Phi) is 4.48. The van der Waals surface area contributed by atoms with Crippen LogP contribution in [0.2, 0.25) is 0 Å². The monoisotopic (exact) mass is 336 g/mol. The minimum atomic E-state index is -0.240. The van der Waals surface area contributed by atoms with E-state index in [9.17, 15) is 14.4 Å². The van der Waals surface area contributed by atoms with Crippen LogP contribution in [0.1, 0.15) is 47.6 Å². The summed E-state index contributed by atoms with van der Waals surface area (Å²) in [5.41, 5.74) is 0.514. The Morgan fingerprint density at radius 3 is 2.65 bits per heavy atom. The number of nitrogens with zero attached hydrogens (tertiary/aromatic N) is 1. The van der Waals surface area contributed by atoms with E-state index in [0.29, 0.717) is 17.1 Å². The Bertz CT molecular complexity index is 639. The van der Waals surface area contributed by atoms with E-state index in [2.05, 4.69) is 5.32 Å². The van der Waals surface area contributed by atoms with E-state index in [-0.39, 0.29) is 34.9 Å². The second kappa shape index (κ2) is 6.39. The number of carbonyl (C=O) groups is 3. The van der Waals surface area contributed by atoms with Gasteiger partial charge in [-0.25, -0.2) is 0 Å². The lowest BCUT2D eigenvalue weighted by atomic mass is 9.89. The Morgan fingerprint density at radius 2 is 2.04 bits per heavy atom. The molecule has 0 aromatic carbocycles. The number of amides is 3. The molecule has 1 aliphatic heterocycles. The first-order valence-corrected chi connectivity index (χ1v) is 8.82. The number of furan rings is 1. The lowest BCUT2D eigenvalue weighted by Gasteiger charge is -2.36. The highest BCUT2D eigenvalue weighted by Crippen LogP contribution is 2.30. The van der Waals surface area contributed by atoms with E-state index in [1.165, 1.54) is 4.90 Å². The molecule has 1 aromatic heterocycles. The third kappa shape index (κ3) is 3.15. The second-order valence-electron chi connectivity index (χ2n) is 6.08. The molecule has 0 unspecified atom stereocenters. The summed E-state index contributed by atoms with van der Waals surface area (Å²) in [5.74, 6) is 1.12. The van der Waals surface area contributed by atoms with Gasteiger partial charge in [0.25, 0.3) is 11.1 Å². The van der Waals surface area contributed by atoms with Crippen LogP contribution in [-0.4, -0.2) is 39.8 Å². The van der Waals surface area contributed by atoms with Gasteiger partial charge in [0.1, 0.15) is 11.5 Å². The molecule has 3 amide bonds. The molecule has 0 spiro atoms. The topological polar surface area (TPSA) is 79.6 Å². The second-order valence-corrected chi connectivity index (χ2v) is 7.00. The third-order valence-electron chi connectivity index (χ3n) is 4.45. The maximum absolute atomic E-state index is 12.5. The van der Waals surface area contributed by atoms with Crippen molar-refractivity contribution in [3.63, 3.8) is 0 Å². The first-order chi connectivity index (χ1) is 11.0. The molecule has 7 heteroatoms. The van der Waals surface area contributed by atoms with Crippen molar-refractivity contribution in [2.45, 2.75) is 51.6 Å². The van der Waals surface area contributed by atoms with Crippen LogP contribution in [0.25, 0.3) is 0 Å². The molecule has 1 N–H and O–H groups in total. The minimum absolute atomic E-state index is 0.151. The van der Waals surface area contributed by atoms with Gasteiger partial charge in [-0.2, -0.15) is 0 Å². The van der Waals surface area contributed by atoms with Crippen LogP contribution in [0.4, 0.5) is 4.79 Å². The minimum Gasteiger partial charge on any atom is -0.466 e. The van der Waals surface area contributed by atoms with Crippen molar-refractivity contribution in [1.29, 1.82) is 0 Å². The summed E-state index contributed by atoms with van der Waals surface area (Å²) in [6.07, 6.45) is 3.46. The zero-order chi connectivity index (χ0) is 16.6. The van der Waals surface area contributed by atoms with Crippen molar-refractivity contribution in [3.05, 3.63) is 23.2 Å². The smallest absolute Gasteiger partial charge is 0.289 e. The summed E-state index contributed by atoms with van der Waals surface area (Å²) in [5, 5.41) is 2.81. The molecular formula is C16H20N2O4S. The predicted octanol–water partition coefficient (Wildman–Crippen LogP) is 2.63. The van der Waals surface area contributed by atoms with Crippen molar-refractivity contribution < 1.29 is 18.8 Å². The zero-order valence-electron chi connectivity index (χ0n) is 13.3. The molecule has 2 aliphatic rings. The Balaban J connectivity index is 1.76. The van der Waals surface area contributed by atoms with E-state index in [1.807, 2.05) is 0 Å². The fraction of sp³-hybridized carbons (Fsp3) is 0.562. The van der Waals surface area contributed by atoms with E-state index < -0.39 is 0 Å². The molecule has 1 aromatic rings. The van der Waals surface area contributed by atoms with Gasteiger partial charge in [0.05, 0.1) is 23.4 Å². The summed E-state index contributed by atoms with van der Waals surface area (Å²) < 4.78 is 5.40. The fourth-order valence-corrected chi connectivity index (χ4v) is 4.14. The van der Waals surface area contributed by atoms with Crippen molar-refractivity contribution in [3.8, 4) is 0 Å². The molecule has 0 bridgehead atoms. The molecule has 1 aliphatic carbocycles. The highest BCUT2D eigenvalue weighted by atomic mass is 32.2. The quantitative estimate of drug-likeness (QED) is 0.918. The number of hydrogen-bond acceptors (Lipinski definition) is 5. The van der Waals surface area contributed by atoms with Gasteiger partial charge in [0, 0.05) is 0 Å². The number of rotatable bonds is 3. The van der Waals surface area contributed by atoms with Gasteiger partial charge < -0.3 is 9.73 Å². The summed E-state index contributed by atoms with van der Waals surface area (Å²) in [4.78, 5) is 37.8. The first kappa shape index (κ1) is 16.1. The van der Waals surface area contributed by atoms with E-state index in [4.69, 9.17) is 4.42 Å². The average Bonchev–Trinajstić information content (AvgIpc) is 3.02. The third-order valence-corrected chi connectivity index (χ3v) is 5.28. The fourth-order valence-electron chi connectivity index (χ4n) is 3.38. The molecule has 2 atom stereocenters. The summed E-state index contributed by atoms with van der Waals surface area (Å²) in [6.45, 7) is 3.55. The van der Waals surface area contributed by atoms with Crippen LogP contribution in [0.3, 0.4) is 0 Å². The van der Waals surface area contributed by atoms with Gasteiger partial charge in [-0.3, -0.25) is 19.3 Å². The number of aryl methyl sites for hydroxylation is 2. The summed E-state index contributed by atoms with van der Waals surface area (Å²) >= 11 is 1.04. The van der Waals surface area contributed by atoms with Gasteiger partial charge in [-0.1, -0.05) is 24.6 Å². The maximum Gasteiger partial charge on any atom is 0.289 e. The molecule has 23 heavy (non-hydrogen) atoms. The van der Waals surface area contributed by atoms with Crippen LogP contribution in [0.15, 0.2) is 10.5 Å². The van der Waals surface area contributed by atoms with Gasteiger partial charge >= 0.3 is 0 Å². The number of nitrogens with one attached hydrogen (secondary N) is 1. The lowest BCUT2D eigenvalue weighted by Crippen LogP contribution is -2.54. The maximum atomic E-state index is 12.5. The molecule has 1 saturated heterocycles. The van der Waals surface area contributed by atoms with Crippen LogP contribution in [0, 0.1) is 13.8 Å². The van der Waals surface area contributed by atoms with Gasteiger partial charge in [0.2, 0.25) is 5.91 Å². The summed E-state index contributed by atoms with van der Waals surface area (Å²) in [7, 11) is 0. The highest BCUT2D eigenvalue weighted by molar-refractivity contribution is 8.14. The normalized spacial score (nSPS) is 25.0. The lowest BCUT2D eigenvalue weighted by molar-refractivity contribution is -0.127. The van der Waals surface area contributed by atoms with Crippen molar-refractivity contribution in [1.82, 2.24) is 10.2 Å². The van der Waals surface area contributed by atoms with Crippen LogP contribution >= 0.6 is 11.8 Å². The highest BCUT2D eigenvalue weighted by Gasteiger charge is 2.41. The van der Waals surface area contributed by atoms with Gasteiger partial charge in [-0.15, -0.1) is 0 Å². The molecule has 2 heterocycles. The van der Waals surface area contributed by atoms with Crippen LogP contribution in [0.5, 0.6) is 0 Å². The molecule has 3 rings (SSSR count). The SMILES string of the molecule is Cc1cc(C(=O)N[C@H]2CCCC[C@H]2N2C(=O)CSC2=O)c(C)o1. The number of imide groups is 1. The molecule has 0 radical (unpaired) electrons. The van der Waals surface area contributed by atoms with Crippen LogP contribution < -0.4 is 5.32 Å². The molecule has 124 valence electrons. The van der Waals surface area contributed by atoms with E-state index in [1.54, 1.807) is 19.9 Å². The Morgan fingerprint density at radius 1 is 1.30 bits per heavy atom. The molecule has 1 saturated carbocycles.